The van der Waals surface area contributed by atoms with Crippen LogP contribution in [0.1, 0.15) is 50.4 Å². The summed E-state index contributed by atoms with van der Waals surface area (Å²) >= 11 is 0. The zero-order valence-electron chi connectivity index (χ0n) is 14.0. The molecule has 4 heteroatoms. The van der Waals surface area contributed by atoms with Crippen LogP contribution in [0.25, 0.3) is 0 Å². The summed E-state index contributed by atoms with van der Waals surface area (Å²) in [5.74, 6) is 0.0919. The summed E-state index contributed by atoms with van der Waals surface area (Å²) in [5.41, 5.74) is 1.90. The van der Waals surface area contributed by atoms with Crippen LogP contribution in [0.3, 0.4) is 0 Å². The van der Waals surface area contributed by atoms with Gasteiger partial charge in [-0.15, -0.1) is 0 Å². The van der Waals surface area contributed by atoms with E-state index >= 15 is 0 Å². The van der Waals surface area contributed by atoms with Crippen LogP contribution in [-0.2, 0) is 0 Å². The van der Waals surface area contributed by atoms with Gasteiger partial charge in [-0.2, -0.15) is 0 Å². The van der Waals surface area contributed by atoms with Crippen molar-refractivity contribution in [2.75, 3.05) is 24.5 Å². The van der Waals surface area contributed by atoms with Crippen molar-refractivity contribution in [1.29, 1.82) is 0 Å². The molecule has 1 aliphatic heterocycles. The number of rotatable bonds is 6. The number of nitrogens with zero attached hydrogens (tertiary/aromatic N) is 2. The first kappa shape index (κ1) is 16.8. The highest BCUT2D eigenvalue weighted by molar-refractivity contribution is 5.95. The number of aliphatic hydroxyl groups is 1. The van der Waals surface area contributed by atoms with Gasteiger partial charge in [-0.25, -0.2) is 0 Å². The third-order valence-electron chi connectivity index (χ3n) is 4.49. The average Bonchev–Trinajstić information content (AvgIpc) is 2.96. The Morgan fingerprint density at radius 2 is 1.95 bits per heavy atom. The molecule has 2 atom stereocenters. The monoisotopic (exact) mass is 304 g/mol. The smallest absolute Gasteiger partial charge is 0.254 e. The molecule has 0 aliphatic carbocycles. The number of anilines is 1. The van der Waals surface area contributed by atoms with Crippen molar-refractivity contribution in [3.05, 3.63) is 29.8 Å². The Balaban J connectivity index is 2.09. The Labute approximate surface area is 133 Å². The van der Waals surface area contributed by atoms with Gasteiger partial charge in [-0.05, 0) is 64.3 Å². The molecule has 2 unspecified atom stereocenters. The zero-order valence-corrected chi connectivity index (χ0v) is 14.0. The maximum Gasteiger partial charge on any atom is 0.254 e. The van der Waals surface area contributed by atoms with Crippen molar-refractivity contribution >= 4 is 11.6 Å². The third-order valence-corrected chi connectivity index (χ3v) is 4.49. The molecule has 1 saturated heterocycles. The first-order valence-electron chi connectivity index (χ1n) is 8.40. The van der Waals surface area contributed by atoms with Gasteiger partial charge in [0.1, 0.15) is 0 Å². The second-order valence-corrected chi connectivity index (χ2v) is 6.10. The standard InChI is InChI=1S/C18H28N2O2/c1-4-19(5-2)16-10-8-15(9-11-16)18(22)20-12-6-7-17(20)13-14(3)21/h8-11,14,17,21H,4-7,12-13H2,1-3H3. The van der Waals surface area contributed by atoms with Gasteiger partial charge in [-0.1, -0.05) is 0 Å². The van der Waals surface area contributed by atoms with E-state index < -0.39 is 0 Å². The lowest BCUT2D eigenvalue weighted by Gasteiger charge is -2.26. The normalized spacial score (nSPS) is 19.3. The van der Waals surface area contributed by atoms with E-state index in [0.29, 0.717) is 6.42 Å². The van der Waals surface area contributed by atoms with E-state index in [9.17, 15) is 9.90 Å². The molecule has 1 heterocycles. The van der Waals surface area contributed by atoms with Crippen molar-refractivity contribution in [1.82, 2.24) is 4.90 Å². The van der Waals surface area contributed by atoms with E-state index in [4.69, 9.17) is 0 Å². The molecule has 1 aliphatic rings. The number of amides is 1. The van der Waals surface area contributed by atoms with Crippen LogP contribution < -0.4 is 4.90 Å². The lowest BCUT2D eigenvalue weighted by molar-refractivity contribution is 0.0682. The van der Waals surface area contributed by atoms with Crippen LogP contribution in [0.2, 0.25) is 0 Å². The quantitative estimate of drug-likeness (QED) is 0.879. The minimum atomic E-state index is -0.358. The second-order valence-electron chi connectivity index (χ2n) is 6.10. The zero-order chi connectivity index (χ0) is 16.1. The van der Waals surface area contributed by atoms with E-state index in [-0.39, 0.29) is 18.1 Å². The highest BCUT2D eigenvalue weighted by Crippen LogP contribution is 2.24. The van der Waals surface area contributed by atoms with Gasteiger partial charge in [0.2, 0.25) is 0 Å². The molecular formula is C18H28N2O2. The maximum atomic E-state index is 12.7. The minimum Gasteiger partial charge on any atom is -0.393 e. The summed E-state index contributed by atoms with van der Waals surface area (Å²) in [4.78, 5) is 16.9. The summed E-state index contributed by atoms with van der Waals surface area (Å²) in [5, 5.41) is 9.59. The second kappa shape index (κ2) is 7.63. The average molecular weight is 304 g/mol. The van der Waals surface area contributed by atoms with E-state index in [1.54, 1.807) is 6.92 Å². The molecule has 1 aromatic carbocycles. The summed E-state index contributed by atoms with van der Waals surface area (Å²) in [6.07, 6.45) is 2.33. The summed E-state index contributed by atoms with van der Waals surface area (Å²) in [6.45, 7) is 8.79. The summed E-state index contributed by atoms with van der Waals surface area (Å²) in [6, 6.07) is 8.08. The van der Waals surface area contributed by atoms with Gasteiger partial charge < -0.3 is 14.9 Å². The van der Waals surface area contributed by atoms with Crippen molar-refractivity contribution in [3.8, 4) is 0 Å². The number of hydrogen-bond donors (Lipinski definition) is 1. The fourth-order valence-electron chi connectivity index (χ4n) is 3.31. The van der Waals surface area contributed by atoms with Crippen molar-refractivity contribution in [3.63, 3.8) is 0 Å². The van der Waals surface area contributed by atoms with E-state index in [1.165, 1.54) is 0 Å². The maximum absolute atomic E-state index is 12.7. The molecule has 1 N–H and O–H groups in total. The number of likely N-dealkylation sites (tertiary alicyclic amines) is 1. The predicted octanol–water partition coefficient (Wildman–Crippen LogP) is 2.91. The van der Waals surface area contributed by atoms with Crippen LogP contribution in [0.15, 0.2) is 24.3 Å². The Morgan fingerprint density at radius 1 is 1.32 bits per heavy atom. The van der Waals surface area contributed by atoms with Crippen LogP contribution in [0.5, 0.6) is 0 Å². The Morgan fingerprint density at radius 3 is 2.50 bits per heavy atom. The minimum absolute atomic E-state index is 0.0919. The van der Waals surface area contributed by atoms with E-state index in [2.05, 4.69) is 18.7 Å². The number of aliphatic hydroxyl groups excluding tert-OH is 1. The number of hydrogen-bond acceptors (Lipinski definition) is 3. The van der Waals surface area contributed by atoms with Crippen LogP contribution in [0, 0.1) is 0 Å². The molecule has 1 amide bonds. The Bertz CT molecular complexity index is 480. The van der Waals surface area contributed by atoms with Crippen LogP contribution in [-0.4, -0.2) is 47.7 Å². The summed E-state index contributed by atoms with van der Waals surface area (Å²) in [7, 11) is 0. The number of carbonyl (C=O) groups excluding carboxylic acids is 1. The highest BCUT2D eigenvalue weighted by atomic mass is 16.3. The molecule has 122 valence electrons. The van der Waals surface area contributed by atoms with Gasteiger partial charge in [-0.3, -0.25) is 4.79 Å². The lowest BCUT2D eigenvalue weighted by atomic mass is 10.1. The van der Waals surface area contributed by atoms with Crippen molar-refractivity contribution in [2.24, 2.45) is 0 Å². The van der Waals surface area contributed by atoms with Gasteiger partial charge >= 0.3 is 0 Å². The van der Waals surface area contributed by atoms with Gasteiger partial charge in [0.25, 0.3) is 5.91 Å². The molecule has 0 spiro atoms. The topological polar surface area (TPSA) is 43.8 Å². The first-order valence-corrected chi connectivity index (χ1v) is 8.40. The van der Waals surface area contributed by atoms with Gasteiger partial charge in [0.05, 0.1) is 6.10 Å². The largest absolute Gasteiger partial charge is 0.393 e. The van der Waals surface area contributed by atoms with Gasteiger partial charge in [0.15, 0.2) is 0 Å². The van der Waals surface area contributed by atoms with E-state index in [0.717, 1.165) is 43.7 Å². The molecule has 4 nitrogen and oxygen atoms in total. The Hall–Kier alpha value is -1.55. The first-order chi connectivity index (χ1) is 10.6. The fraction of sp³-hybridized carbons (Fsp3) is 0.611. The molecule has 1 fully saturated rings. The van der Waals surface area contributed by atoms with Crippen molar-refractivity contribution in [2.45, 2.75) is 52.2 Å². The number of benzene rings is 1. The molecule has 0 saturated carbocycles. The summed E-state index contributed by atoms with van der Waals surface area (Å²) < 4.78 is 0. The Kier molecular flexibility index (Phi) is 5.83. The molecule has 0 aromatic heterocycles. The molecule has 2 rings (SSSR count). The molecule has 0 bridgehead atoms. The molecule has 22 heavy (non-hydrogen) atoms. The fourth-order valence-corrected chi connectivity index (χ4v) is 3.31. The van der Waals surface area contributed by atoms with Crippen LogP contribution in [0.4, 0.5) is 5.69 Å². The van der Waals surface area contributed by atoms with Crippen LogP contribution >= 0.6 is 0 Å². The molecule has 1 aromatic rings. The van der Waals surface area contributed by atoms with E-state index in [1.807, 2.05) is 29.2 Å². The molecule has 0 radical (unpaired) electrons. The predicted molar refractivity (Wildman–Crippen MR) is 90.4 cm³/mol. The third kappa shape index (κ3) is 3.80. The SMILES string of the molecule is CCN(CC)c1ccc(C(=O)N2CCCC2CC(C)O)cc1. The van der Waals surface area contributed by atoms with Gasteiger partial charge in [0, 0.05) is 36.9 Å². The van der Waals surface area contributed by atoms with Crippen molar-refractivity contribution < 1.29 is 9.90 Å². The lowest BCUT2D eigenvalue weighted by Crippen LogP contribution is -2.37. The number of carbonyl (C=O) groups is 1. The highest BCUT2D eigenvalue weighted by Gasteiger charge is 2.30. The molecular weight excluding hydrogens is 276 g/mol.